The van der Waals surface area contributed by atoms with Crippen LogP contribution in [0.2, 0.25) is 0 Å². The molecule has 0 N–H and O–H groups in total. The van der Waals surface area contributed by atoms with E-state index in [1.165, 1.54) is 0 Å². The molecule has 0 aliphatic carbocycles. The maximum atomic E-state index is 13.6. The Morgan fingerprint density at radius 3 is 2.33 bits per heavy atom. The van der Waals surface area contributed by atoms with Crippen LogP contribution in [0.15, 0.2) is 36.4 Å². The number of hydrogen-bond donors (Lipinski definition) is 0. The topological polar surface area (TPSA) is 33.0 Å². The SMILES string of the molecule is N#Cc1cc(OC(F)(F)F)cc(-c2cc(F)ccc2F)c1. The van der Waals surface area contributed by atoms with Crippen LogP contribution < -0.4 is 4.74 Å². The van der Waals surface area contributed by atoms with Gasteiger partial charge >= 0.3 is 6.36 Å². The number of hydrogen-bond acceptors (Lipinski definition) is 2. The van der Waals surface area contributed by atoms with E-state index in [1.807, 2.05) is 0 Å². The van der Waals surface area contributed by atoms with E-state index in [1.54, 1.807) is 6.07 Å². The van der Waals surface area contributed by atoms with Crippen molar-refractivity contribution in [2.24, 2.45) is 0 Å². The molecule has 21 heavy (non-hydrogen) atoms. The molecule has 0 aromatic heterocycles. The fourth-order valence-electron chi connectivity index (χ4n) is 1.73. The van der Waals surface area contributed by atoms with E-state index in [-0.39, 0.29) is 16.7 Å². The molecule has 2 nitrogen and oxygen atoms in total. The van der Waals surface area contributed by atoms with Crippen molar-refractivity contribution in [2.75, 3.05) is 0 Å². The molecule has 108 valence electrons. The van der Waals surface area contributed by atoms with Crippen molar-refractivity contribution in [3.05, 3.63) is 53.6 Å². The monoisotopic (exact) mass is 299 g/mol. The lowest BCUT2D eigenvalue weighted by molar-refractivity contribution is -0.274. The Morgan fingerprint density at radius 2 is 1.71 bits per heavy atom. The molecule has 0 aliphatic rings. The van der Waals surface area contributed by atoms with Crippen LogP contribution in [0.5, 0.6) is 5.75 Å². The minimum absolute atomic E-state index is 0.0923. The largest absolute Gasteiger partial charge is 0.573 e. The van der Waals surface area contributed by atoms with Gasteiger partial charge in [-0.05, 0) is 42.0 Å². The number of ether oxygens (including phenoxy) is 1. The summed E-state index contributed by atoms with van der Waals surface area (Å²) in [5.41, 5.74) is -0.528. The Morgan fingerprint density at radius 1 is 1.00 bits per heavy atom. The second kappa shape index (κ2) is 5.40. The highest BCUT2D eigenvalue weighted by Gasteiger charge is 2.31. The van der Waals surface area contributed by atoms with Crippen molar-refractivity contribution in [1.29, 1.82) is 5.26 Å². The van der Waals surface area contributed by atoms with Gasteiger partial charge in [-0.25, -0.2) is 8.78 Å². The Bertz CT molecular complexity index is 718. The number of alkyl halides is 3. The highest BCUT2D eigenvalue weighted by Crippen LogP contribution is 2.31. The van der Waals surface area contributed by atoms with Gasteiger partial charge in [0.1, 0.15) is 17.4 Å². The minimum Gasteiger partial charge on any atom is -0.406 e. The Hall–Kier alpha value is -2.62. The predicted molar refractivity (Wildman–Crippen MR) is 63.2 cm³/mol. The first-order chi connectivity index (χ1) is 9.78. The lowest BCUT2D eigenvalue weighted by Gasteiger charge is -2.11. The van der Waals surface area contributed by atoms with Gasteiger partial charge < -0.3 is 4.74 Å². The number of nitriles is 1. The second-order valence-corrected chi connectivity index (χ2v) is 4.03. The molecule has 0 spiro atoms. The highest BCUT2D eigenvalue weighted by atomic mass is 19.4. The minimum atomic E-state index is -4.95. The Balaban J connectivity index is 2.56. The van der Waals surface area contributed by atoms with Crippen molar-refractivity contribution in [3.8, 4) is 22.9 Å². The van der Waals surface area contributed by atoms with Crippen LogP contribution in [0.25, 0.3) is 11.1 Å². The zero-order valence-corrected chi connectivity index (χ0v) is 10.2. The molecule has 0 saturated heterocycles. The predicted octanol–water partition coefficient (Wildman–Crippen LogP) is 4.40. The average Bonchev–Trinajstić information content (AvgIpc) is 2.39. The van der Waals surface area contributed by atoms with Gasteiger partial charge in [0.15, 0.2) is 0 Å². The van der Waals surface area contributed by atoms with Crippen LogP contribution in [0.3, 0.4) is 0 Å². The summed E-state index contributed by atoms with van der Waals surface area (Å²) in [5, 5.41) is 8.80. The smallest absolute Gasteiger partial charge is 0.406 e. The summed E-state index contributed by atoms with van der Waals surface area (Å²) < 4.78 is 67.1. The van der Waals surface area contributed by atoms with Gasteiger partial charge in [0.05, 0.1) is 11.6 Å². The zero-order chi connectivity index (χ0) is 15.6. The molecule has 0 unspecified atom stereocenters. The average molecular weight is 299 g/mol. The van der Waals surface area contributed by atoms with E-state index in [9.17, 15) is 22.0 Å². The van der Waals surface area contributed by atoms with Gasteiger partial charge in [0.25, 0.3) is 0 Å². The van der Waals surface area contributed by atoms with Gasteiger partial charge in [0, 0.05) is 5.56 Å². The second-order valence-electron chi connectivity index (χ2n) is 4.03. The van der Waals surface area contributed by atoms with Crippen LogP contribution in [0.1, 0.15) is 5.56 Å². The molecule has 2 rings (SSSR count). The summed E-state index contributed by atoms with van der Waals surface area (Å²) in [6.07, 6.45) is -4.95. The first-order valence-electron chi connectivity index (χ1n) is 5.55. The summed E-state index contributed by atoms with van der Waals surface area (Å²) in [5.74, 6) is -2.27. The molecule has 2 aromatic rings. The van der Waals surface area contributed by atoms with E-state index in [0.717, 1.165) is 36.4 Å². The van der Waals surface area contributed by atoms with E-state index < -0.39 is 23.7 Å². The molecule has 0 atom stereocenters. The third-order valence-electron chi connectivity index (χ3n) is 2.51. The van der Waals surface area contributed by atoms with Crippen LogP contribution in [-0.2, 0) is 0 Å². The van der Waals surface area contributed by atoms with E-state index in [2.05, 4.69) is 4.74 Å². The molecule has 0 heterocycles. The first kappa shape index (κ1) is 14.8. The maximum absolute atomic E-state index is 13.6. The van der Waals surface area contributed by atoms with Crippen molar-refractivity contribution in [3.63, 3.8) is 0 Å². The molecule has 7 heteroatoms. The molecule has 0 radical (unpaired) electrons. The van der Waals surface area contributed by atoms with Gasteiger partial charge in [-0.15, -0.1) is 13.2 Å². The number of benzene rings is 2. The molecule has 0 fully saturated rings. The van der Waals surface area contributed by atoms with E-state index in [0.29, 0.717) is 0 Å². The van der Waals surface area contributed by atoms with E-state index >= 15 is 0 Å². The van der Waals surface area contributed by atoms with Gasteiger partial charge in [-0.3, -0.25) is 0 Å². The molecule has 0 saturated carbocycles. The molecule has 2 aromatic carbocycles. The molecular weight excluding hydrogens is 293 g/mol. The number of rotatable bonds is 2. The number of halogens is 5. The molecular formula is C14H6F5NO. The lowest BCUT2D eigenvalue weighted by atomic mass is 10.0. The van der Waals surface area contributed by atoms with Crippen LogP contribution in [0, 0.1) is 23.0 Å². The van der Waals surface area contributed by atoms with Crippen molar-refractivity contribution < 1.29 is 26.7 Å². The van der Waals surface area contributed by atoms with Crippen LogP contribution in [-0.4, -0.2) is 6.36 Å². The van der Waals surface area contributed by atoms with Crippen molar-refractivity contribution in [1.82, 2.24) is 0 Å². The molecule has 0 bridgehead atoms. The van der Waals surface area contributed by atoms with Crippen LogP contribution >= 0.6 is 0 Å². The zero-order valence-electron chi connectivity index (χ0n) is 10.2. The normalized spacial score (nSPS) is 11.0. The maximum Gasteiger partial charge on any atom is 0.573 e. The van der Waals surface area contributed by atoms with Gasteiger partial charge in [-0.2, -0.15) is 5.26 Å². The third kappa shape index (κ3) is 3.69. The third-order valence-corrected chi connectivity index (χ3v) is 2.51. The number of nitrogens with zero attached hydrogens (tertiary/aromatic N) is 1. The standard InChI is InChI=1S/C14H6F5NO/c15-10-1-2-13(16)12(6-10)9-3-8(7-20)4-11(5-9)21-14(17,18)19/h1-6H. The molecule has 0 aliphatic heterocycles. The van der Waals surface area contributed by atoms with Crippen LogP contribution in [0.4, 0.5) is 22.0 Å². The summed E-state index contributed by atoms with van der Waals surface area (Å²) >= 11 is 0. The summed E-state index contributed by atoms with van der Waals surface area (Å²) in [6, 6.07) is 7.05. The summed E-state index contributed by atoms with van der Waals surface area (Å²) in [6.45, 7) is 0. The highest BCUT2D eigenvalue weighted by molar-refractivity contribution is 5.68. The summed E-state index contributed by atoms with van der Waals surface area (Å²) in [4.78, 5) is 0. The van der Waals surface area contributed by atoms with Gasteiger partial charge in [0.2, 0.25) is 0 Å². The van der Waals surface area contributed by atoms with Crippen molar-refractivity contribution in [2.45, 2.75) is 6.36 Å². The van der Waals surface area contributed by atoms with Gasteiger partial charge in [-0.1, -0.05) is 0 Å². The van der Waals surface area contributed by atoms with E-state index in [4.69, 9.17) is 5.26 Å². The fourth-order valence-corrected chi connectivity index (χ4v) is 1.73. The Kier molecular flexibility index (Phi) is 3.80. The molecule has 0 amide bonds. The lowest BCUT2D eigenvalue weighted by Crippen LogP contribution is -2.17. The van der Waals surface area contributed by atoms with Crippen molar-refractivity contribution >= 4 is 0 Å². The Labute approximate surface area is 116 Å². The summed E-state index contributed by atoms with van der Waals surface area (Å²) in [7, 11) is 0. The fraction of sp³-hybridized carbons (Fsp3) is 0.0714. The first-order valence-corrected chi connectivity index (χ1v) is 5.55. The quantitative estimate of drug-likeness (QED) is 0.770.